The van der Waals surface area contributed by atoms with Crippen LogP contribution in [0.3, 0.4) is 0 Å². The number of ether oxygens (including phenoxy) is 1. The van der Waals surface area contributed by atoms with Crippen molar-refractivity contribution in [1.29, 1.82) is 0 Å². The molecular weight excluding hydrogens is 222 g/mol. The molecule has 0 aromatic rings. The van der Waals surface area contributed by atoms with Gasteiger partial charge in [-0.15, -0.1) is 0 Å². The van der Waals surface area contributed by atoms with Gasteiger partial charge >= 0.3 is 0 Å². The molecule has 0 aliphatic rings. The van der Waals surface area contributed by atoms with Crippen molar-refractivity contribution in [2.45, 2.75) is 51.3 Å². The highest BCUT2D eigenvalue weighted by molar-refractivity contribution is 7.81. The molecule has 0 amide bonds. The number of hydrogen-bond acceptors (Lipinski definition) is 4. The van der Waals surface area contributed by atoms with E-state index in [2.05, 4.69) is 31.8 Å². The zero-order chi connectivity index (χ0) is 12.4. The third-order valence-corrected chi connectivity index (χ3v) is 2.52. The average molecular weight is 247 g/mol. The summed E-state index contributed by atoms with van der Waals surface area (Å²) in [4.78, 5) is 11.1. The molecule has 0 rings (SSSR count). The molecule has 16 heavy (non-hydrogen) atoms. The molecule has 3 nitrogen and oxygen atoms in total. The van der Waals surface area contributed by atoms with Crippen LogP contribution in [0.1, 0.15) is 40.0 Å². The summed E-state index contributed by atoms with van der Waals surface area (Å²) in [6, 6.07) is 0.561. The molecule has 1 N–H and O–H groups in total. The summed E-state index contributed by atoms with van der Waals surface area (Å²) in [7, 11) is 0. The van der Waals surface area contributed by atoms with Crippen LogP contribution in [0.4, 0.5) is 0 Å². The number of rotatable bonds is 10. The number of carbonyl (C=O) groups is 1. The van der Waals surface area contributed by atoms with Gasteiger partial charge in [0.1, 0.15) is 6.61 Å². The van der Waals surface area contributed by atoms with Crippen LogP contribution in [0, 0.1) is 0 Å². The van der Waals surface area contributed by atoms with E-state index in [9.17, 15) is 4.79 Å². The number of unbranched alkanes of at least 4 members (excludes halogenated alkanes) is 2. The molecule has 0 aliphatic heterocycles. The van der Waals surface area contributed by atoms with E-state index >= 15 is 0 Å². The number of thiol groups is 1. The largest absolute Gasteiger partial charge is 0.374 e. The Morgan fingerprint density at radius 2 is 1.94 bits per heavy atom. The molecule has 0 spiro atoms. The molecule has 0 radical (unpaired) electrons. The van der Waals surface area contributed by atoms with Gasteiger partial charge in [0.15, 0.2) is 5.78 Å². The van der Waals surface area contributed by atoms with Crippen LogP contribution in [0.25, 0.3) is 0 Å². The van der Waals surface area contributed by atoms with Crippen LogP contribution in [0.2, 0.25) is 0 Å². The zero-order valence-electron chi connectivity index (χ0n) is 10.7. The SMILES string of the molecule is CC(C)NCCCCCOCC(=O)C(C)S. The molecule has 0 fully saturated rings. The van der Waals surface area contributed by atoms with Gasteiger partial charge in [0.25, 0.3) is 0 Å². The predicted octanol–water partition coefficient (Wildman–Crippen LogP) is 2.06. The minimum Gasteiger partial charge on any atom is -0.374 e. The summed E-state index contributed by atoms with van der Waals surface area (Å²) in [5.74, 6) is 0.0600. The lowest BCUT2D eigenvalue weighted by Crippen LogP contribution is -2.23. The standard InChI is InChI=1S/C12H25NO2S/c1-10(2)13-7-5-4-6-8-15-9-12(14)11(3)16/h10-11,13,16H,4-9H2,1-3H3. The summed E-state index contributed by atoms with van der Waals surface area (Å²) < 4.78 is 5.27. The van der Waals surface area contributed by atoms with Crippen molar-refractivity contribution >= 4 is 18.4 Å². The lowest BCUT2D eigenvalue weighted by atomic mass is 10.2. The molecule has 1 unspecified atom stereocenters. The van der Waals surface area contributed by atoms with E-state index in [0.717, 1.165) is 19.4 Å². The number of carbonyl (C=O) groups excluding carboxylic acids is 1. The minimum atomic E-state index is -0.213. The van der Waals surface area contributed by atoms with Gasteiger partial charge in [-0.3, -0.25) is 4.79 Å². The first kappa shape index (κ1) is 15.9. The summed E-state index contributed by atoms with van der Waals surface area (Å²) in [6.07, 6.45) is 3.33. The highest BCUT2D eigenvalue weighted by atomic mass is 32.1. The van der Waals surface area contributed by atoms with Gasteiger partial charge in [-0.05, 0) is 32.7 Å². The van der Waals surface area contributed by atoms with Gasteiger partial charge in [0.05, 0.1) is 5.25 Å². The maximum Gasteiger partial charge on any atom is 0.170 e. The third kappa shape index (κ3) is 10.5. The lowest BCUT2D eigenvalue weighted by Gasteiger charge is -2.08. The van der Waals surface area contributed by atoms with Crippen LogP contribution < -0.4 is 5.32 Å². The first-order valence-electron chi connectivity index (χ1n) is 6.06. The smallest absolute Gasteiger partial charge is 0.170 e. The van der Waals surface area contributed by atoms with Crippen molar-refractivity contribution in [3.63, 3.8) is 0 Å². The summed E-state index contributed by atoms with van der Waals surface area (Å²) in [5, 5.41) is 3.15. The summed E-state index contributed by atoms with van der Waals surface area (Å²) in [6.45, 7) is 8.00. The van der Waals surface area contributed by atoms with Gasteiger partial charge < -0.3 is 10.1 Å². The second kappa shape index (κ2) is 10.1. The summed E-state index contributed by atoms with van der Waals surface area (Å²) in [5.41, 5.74) is 0. The molecule has 0 saturated heterocycles. The van der Waals surface area contributed by atoms with Crippen LogP contribution in [-0.4, -0.2) is 36.8 Å². The van der Waals surface area contributed by atoms with E-state index < -0.39 is 0 Å². The topological polar surface area (TPSA) is 38.3 Å². The fraction of sp³-hybridized carbons (Fsp3) is 0.917. The van der Waals surface area contributed by atoms with E-state index in [-0.39, 0.29) is 17.6 Å². The number of ketones is 1. The fourth-order valence-electron chi connectivity index (χ4n) is 1.19. The molecule has 96 valence electrons. The van der Waals surface area contributed by atoms with Gasteiger partial charge in [-0.25, -0.2) is 0 Å². The quantitative estimate of drug-likeness (QED) is 0.458. The Bertz CT molecular complexity index is 184. The van der Waals surface area contributed by atoms with Crippen molar-refractivity contribution in [1.82, 2.24) is 5.32 Å². The normalized spacial score (nSPS) is 13.1. The maximum absolute atomic E-state index is 11.1. The number of Topliss-reactive ketones (excluding diaryl/α,β-unsaturated/α-hetero) is 1. The molecule has 0 aromatic heterocycles. The minimum absolute atomic E-state index is 0.0600. The van der Waals surface area contributed by atoms with E-state index in [4.69, 9.17) is 4.74 Å². The van der Waals surface area contributed by atoms with E-state index in [0.29, 0.717) is 12.6 Å². The van der Waals surface area contributed by atoms with E-state index in [1.807, 2.05) is 0 Å². The van der Waals surface area contributed by atoms with Gasteiger partial charge in [-0.1, -0.05) is 13.8 Å². The predicted molar refractivity (Wildman–Crippen MR) is 71.3 cm³/mol. The highest BCUT2D eigenvalue weighted by Crippen LogP contribution is 1.98. The number of hydrogen-bond donors (Lipinski definition) is 2. The third-order valence-electron chi connectivity index (χ3n) is 2.23. The van der Waals surface area contributed by atoms with Crippen molar-refractivity contribution in [2.24, 2.45) is 0 Å². The Morgan fingerprint density at radius 1 is 1.25 bits per heavy atom. The van der Waals surface area contributed by atoms with Gasteiger partial charge in [0.2, 0.25) is 0 Å². The van der Waals surface area contributed by atoms with Crippen molar-refractivity contribution in [3.05, 3.63) is 0 Å². The van der Waals surface area contributed by atoms with Crippen LogP contribution in [0.15, 0.2) is 0 Å². The van der Waals surface area contributed by atoms with Crippen molar-refractivity contribution < 1.29 is 9.53 Å². The molecule has 0 bridgehead atoms. The molecular formula is C12H25NO2S. The Kier molecular flexibility index (Phi) is 10.1. The molecule has 1 atom stereocenters. The first-order chi connectivity index (χ1) is 7.54. The molecule has 0 aromatic carbocycles. The Balaban J connectivity index is 3.13. The van der Waals surface area contributed by atoms with Crippen LogP contribution >= 0.6 is 12.6 Å². The molecule has 0 saturated carbocycles. The van der Waals surface area contributed by atoms with Crippen molar-refractivity contribution in [3.8, 4) is 0 Å². The van der Waals surface area contributed by atoms with Crippen LogP contribution in [0.5, 0.6) is 0 Å². The Labute approximate surface area is 105 Å². The summed E-state index contributed by atoms with van der Waals surface area (Å²) >= 11 is 4.05. The molecule has 4 heteroatoms. The molecule has 0 aliphatic carbocycles. The first-order valence-corrected chi connectivity index (χ1v) is 6.57. The number of nitrogens with one attached hydrogen (secondary N) is 1. The lowest BCUT2D eigenvalue weighted by molar-refractivity contribution is -0.122. The van der Waals surface area contributed by atoms with Crippen molar-refractivity contribution in [2.75, 3.05) is 19.8 Å². The second-order valence-electron chi connectivity index (χ2n) is 4.36. The Morgan fingerprint density at radius 3 is 2.50 bits per heavy atom. The van der Waals surface area contributed by atoms with Gasteiger partial charge in [0, 0.05) is 12.6 Å². The van der Waals surface area contributed by atoms with Gasteiger partial charge in [-0.2, -0.15) is 12.6 Å². The monoisotopic (exact) mass is 247 g/mol. The highest BCUT2D eigenvalue weighted by Gasteiger charge is 2.06. The zero-order valence-corrected chi connectivity index (χ0v) is 11.6. The Hall–Kier alpha value is -0.0600. The van der Waals surface area contributed by atoms with E-state index in [1.54, 1.807) is 6.92 Å². The van der Waals surface area contributed by atoms with Crippen LogP contribution in [-0.2, 0) is 9.53 Å². The molecule has 0 heterocycles. The van der Waals surface area contributed by atoms with E-state index in [1.165, 1.54) is 6.42 Å². The average Bonchev–Trinajstić information content (AvgIpc) is 2.21. The fourth-order valence-corrected chi connectivity index (χ4v) is 1.26. The maximum atomic E-state index is 11.1. The second-order valence-corrected chi connectivity index (χ2v) is 5.14.